The van der Waals surface area contributed by atoms with Crippen LogP contribution < -0.4 is 5.32 Å². The molecule has 122 valence electrons. The maximum absolute atomic E-state index is 9.52. The maximum atomic E-state index is 9.52. The van der Waals surface area contributed by atoms with Crippen LogP contribution in [0, 0.1) is 23.2 Å². The number of rotatable bonds is 6. The first kappa shape index (κ1) is 18.5. The predicted octanol–water partition coefficient (Wildman–Crippen LogP) is 3.80. The van der Waals surface area contributed by atoms with E-state index in [1.807, 2.05) is 6.92 Å². The van der Waals surface area contributed by atoms with Gasteiger partial charge in [-0.3, -0.25) is 5.32 Å². The highest BCUT2D eigenvalue weighted by Gasteiger charge is 2.30. The van der Waals surface area contributed by atoms with Gasteiger partial charge in [0.05, 0.1) is 6.07 Å². The Balaban J connectivity index is 2.58. The lowest BCUT2D eigenvalue weighted by Crippen LogP contribution is -2.49. The van der Waals surface area contributed by atoms with Gasteiger partial charge < -0.3 is 4.90 Å². The Morgan fingerprint density at radius 2 is 1.86 bits per heavy atom. The summed E-state index contributed by atoms with van der Waals surface area (Å²) in [5.41, 5.74) is -0.419. The molecule has 0 aromatic heterocycles. The smallest absolute Gasteiger partial charge is 0.105 e. The lowest BCUT2D eigenvalue weighted by Gasteiger charge is -2.34. The second-order valence-electron chi connectivity index (χ2n) is 7.77. The standard InChI is InChI=1S/C18H35N3/c1-14(2)17-8-7-10-21(11-9-17)16(5)12-18(6,13-19)20-15(3)4/h14-17,20H,7-12H2,1-6H3. The van der Waals surface area contributed by atoms with Crippen LogP contribution in [0.4, 0.5) is 0 Å². The Labute approximate surface area is 132 Å². The van der Waals surface area contributed by atoms with Gasteiger partial charge in [-0.2, -0.15) is 5.26 Å². The van der Waals surface area contributed by atoms with Crippen molar-refractivity contribution < 1.29 is 0 Å². The Hall–Kier alpha value is -0.590. The average Bonchev–Trinajstić information content (AvgIpc) is 2.63. The van der Waals surface area contributed by atoms with E-state index in [0.29, 0.717) is 12.1 Å². The molecule has 0 radical (unpaired) electrons. The molecule has 0 aliphatic carbocycles. The quantitative estimate of drug-likeness (QED) is 0.809. The van der Waals surface area contributed by atoms with Crippen LogP contribution in [0.2, 0.25) is 0 Å². The summed E-state index contributed by atoms with van der Waals surface area (Å²) >= 11 is 0. The molecule has 0 aromatic rings. The molecule has 0 saturated carbocycles. The molecule has 1 aliphatic rings. The first-order valence-corrected chi connectivity index (χ1v) is 8.70. The minimum absolute atomic E-state index is 0.344. The molecule has 3 atom stereocenters. The van der Waals surface area contributed by atoms with Gasteiger partial charge in [-0.1, -0.05) is 13.8 Å². The van der Waals surface area contributed by atoms with Gasteiger partial charge in [-0.05, 0) is 78.3 Å². The Morgan fingerprint density at radius 1 is 1.19 bits per heavy atom. The van der Waals surface area contributed by atoms with Gasteiger partial charge >= 0.3 is 0 Å². The summed E-state index contributed by atoms with van der Waals surface area (Å²) in [4.78, 5) is 2.60. The predicted molar refractivity (Wildman–Crippen MR) is 90.1 cm³/mol. The minimum Gasteiger partial charge on any atom is -0.301 e. The van der Waals surface area contributed by atoms with E-state index in [-0.39, 0.29) is 0 Å². The first-order chi connectivity index (χ1) is 9.77. The Kier molecular flexibility index (Phi) is 7.16. The van der Waals surface area contributed by atoms with Crippen molar-refractivity contribution in [2.24, 2.45) is 11.8 Å². The average molecular weight is 293 g/mol. The third-order valence-electron chi connectivity index (χ3n) is 4.93. The van der Waals surface area contributed by atoms with E-state index in [1.54, 1.807) is 0 Å². The molecule has 21 heavy (non-hydrogen) atoms. The molecule has 1 heterocycles. The van der Waals surface area contributed by atoms with E-state index >= 15 is 0 Å². The molecule has 3 unspecified atom stereocenters. The summed E-state index contributed by atoms with van der Waals surface area (Å²) < 4.78 is 0. The van der Waals surface area contributed by atoms with E-state index in [1.165, 1.54) is 32.4 Å². The van der Waals surface area contributed by atoms with Gasteiger partial charge in [-0.15, -0.1) is 0 Å². The van der Waals surface area contributed by atoms with Gasteiger partial charge in [0.1, 0.15) is 5.54 Å². The van der Waals surface area contributed by atoms with Crippen LogP contribution >= 0.6 is 0 Å². The van der Waals surface area contributed by atoms with Crippen molar-refractivity contribution in [2.45, 2.75) is 84.8 Å². The van der Waals surface area contributed by atoms with Crippen LogP contribution in [-0.2, 0) is 0 Å². The van der Waals surface area contributed by atoms with Crippen molar-refractivity contribution in [3.05, 3.63) is 0 Å². The number of nitrogens with zero attached hydrogens (tertiary/aromatic N) is 2. The lowest BCUT2D eigenvalue weighted by atomic mass is 9.89. The van der Waals surface area contributed by atoms with E-state index < -0.39 is 5.54 Å². The van der Waals surface area contributed by atoms with Crippen molar-refractivity contribution in [3.63, 3.8) is 0 Å². The van der Waals surface area contributed by atoms with Crippen molar-refractivity contribution in [2.75, 3.05) is 13.1 Å². The normalized spacial score (nSPS) is 25.4. The molecule has 1 aliphatic heterocycles. The monoisotopic (exact) mass is 293 g/mol. The van der Waals surface area contributed by atoms with Crippen molar-refractivity contribution in [1.29, 1.82) is 5.26 Å². The maximum Gasteiger partial charge on any atom is 0.105 e. The first-order valence-electron chi connectivity index (χ1n) is 8.70. The van der Waals surface area contributed by atoms with Gasteiger partial charge in [0.2, 0.25) is 0 Å². The van der Waals surface area contributed by atoms with Crippen molar-refractivity contribution in [1.82, 2.24) is 10.2 Å². The Bertz CT molecular complexity index is 345. The third kappa shape index (κ3) is 5.96. The van der Waals surface area contributed by atoms with Crippen LogP contribution in [0.5, 0.6) is 0 Å². The summed E-state index contributed by atoms with van der Waals surface area (Å²) in [5.74, 6) is 1.67. The summed E-state index contributed by atoms with van der Waals surface area (Å²) in [6.45, 7) is 15.6. The topological polar surface area (TPSA) is 39.1 Å². The van der Waals surface area contributed by atoms with Crippen LogP contribution in [0.3, 0.4) is 0 Å². The Morgan fingerprint density at radius 3 is 2.38 bits per heavy atom. The van der Waals surface area contributed by atoms with Gasteiger partial charge in [0.25, 0.3) is 0 Å². The zero-order chi connectivity index (χ0) is 16.0. The van der Waals surface area contributed by atoms with Crippen LogP contribution in [-0.4, -0.2) is 35.6 Å². The van der Waals surface area contributed by atoms with E-state index in [0.717, 1.165) is 18.3 Å². The summed E-state index contributed by atoms with van der Waals surface area (Å²) in [7, 11) is 0. The molecule has 0 spiro atoms. The molecule has 1 N–H and O–H groups in total. The lowest BCUT2D eigenvalue weighted by molar-refractivity contribution is 0.175. The molecule has 0 bridgehead atoms. The second kappa shape index (κ2) is 8.15. The van der Waals surface area contributed by atoms with Crippen molar-refractivity contribution in [3.8, 4) is 6.07 Å². The van der Waals surface area contributed by atoms with Gasteiger partial charge in [0.15, 0.2) is 0 Å². The highest BCUT2D eigenvalue weighted by Crippen LogP contribution is 2.27. The fraction of sp³-hybridized carbons (Fsp3) is 0.944. The largest absolute Gasteiger partial charge is 0.301 e. The fourth-order valence-corrected chi connectivity index (χ4v) is 3.75. The molecule has 3 heteroatoms. The number of nitrogens with one attached hydrogen (secondary N) is 1. The van der Waals surface area contributed by atoms with Crippen molar-refractivity contribution >= 4 is 0 Å². The van der Waals surface area contributed by atoms with Crippen LogP contribution in [0.1, 0.15) is 67.2 Å². The van der Waals surface area contributed by atoms with E-state index in [4.69, 9.17) is 0 Å². The van der Waals surface area contributed by atoms with Gasteiger partial charge in [0, 0.05) is 12.1 Å². The second-order valence-corrected chi connectivity index (χ2v) is 7.77. The minimum atomic E-state index is -0.419. The summed E-state index contributed by atoms with van der Waals surface area (Å²) in [6, 6.07) is 3.29. The molecule has 3 nitrogen and oxygen atoms in total. The van der Waals surface area contributed by atoms with Crippen LogP contribution in [0.15, 0.2) is 0 Å². The molecule has 0 amide bonds. The molecule has 1 saturated heterocycles. The third-order valence-corrected chi connectivity index (χ3v) is 4.93. The number of likely N-dealkylation sites (tertiary alicyclic amines) is 1. The molecule has 0 aromatic carbocycles. The van der Waals surface area contributed by atoms with Crippen LogP contribution in [0.25, 0.3) is 0 Å². The highest BCUT2D eigenvalue weighted by molar-refractivity contribution is 5.06. The molecule has 1 fully saturated rings. The highest BCUT2D eigenvalue weighted by atomic mass is 15.2. The molecular formula is C18H35N3. The SMILES string of the molecule is CC(C)NC(C)(C#N)CC(C)N1CCCC(C(C)C)CC1. The zero-order valence-electron chi connectivity index (χ0n) is 14.9. The van der Waals surface area contributed by atoms with Gasteiger partial charge in [-0.25, -0.2) is 0 Å². The molecule has 1 rings (SSSR count). The van der Waals surface area contributed by atoms with E-state index in [2.05, 4.69) is 50.9 Å². The summed E-state index contributed by atoms with van der Waals surface area (Å²) in [6.07, 6.45) is 4.87. The summed E-state index contributed by atoms with van der Waals surface area (Å²) in [5, 5.41) is 13.0. The number of hydrogen-bond acceptors (Lipinski definition) is 3. The fourth-order valence-electron chi connectivity index (χ4n) is 3.75. The molecular weight excluding hydrogens is 258 g/mol. The zero-order valence-corrected chi connectivity index (χ0v) is 14.9. The number of nitriles is 1. The number of hydrogen-bond donors (Lipinski definition) is 1. The van der Waals surface area contributed by atoms with E-state index in [9.17, 15) is 5.26 Å².